The summed E-state index contributed by atoms with van der Waals surface area (Å²) in [5.41, 5.74) is 0. The van der Waals surface area contributed by atoms with Crippen LogP contribution in [-0.4, -0.2) is 156 Å². The minimum atomic E-state index is -4.35. The predicted octanol–water partition coefficient (Wildman–Crippen LogP) is -6.32. The van der Waals surface area contributed by atoms with E-state index in [9.17, 15) is 80.3 Å². The fraction of sp³-hybridized carbons (Fsp3) is 1.00. The first kappa shape index (κ1) is 45.5. The van der Waals surface area contributed by atoms with Crippen LogP contribution in [0.2, 0.25) is 39.3 Å². The highest BCUT2D eigenvalue weighted by molar-refractivity contribution is 7.82. The fourth-order valence-electron chi connectivity index (χ4n) is 2.30. The molecule has 19 nitrogen and oxygen atoms in total. The number of rotatable bonds is 20. The molecule has 45 heavy (non-hydrogen) atoms. The fourth-order valence-corrected chi connectivity index (χ4v) is 217. The first-order valence-corrected chi connectivity index (χ1v) is 61.7. The van der Waals surface area contributed by atoms with Crippen LogP contribution in [0.25, 0.3) is 0 Å². The van der Waals surface area contributed by atoms with Crippen LogP contribution >= 0.6 is 0 Å². The van der Waals surface area contributed by atoms with Crippen molar-refractivity contribution < 1.29 is 84.4 Å². The summed E-state index contributed by atoms with van der Waals surface area (Å²) in [5, 5.41) is 0. The van der Waals surface area contributed by atoms with Crippen molar-refractivity contribution in [3.05, 3.63) is 0 Å². The third-order valence-corrected chi connectivity index (χ3v) is 152. The summed E-state index contributed by atoms with van der Waals surface area (Å²) in [4.78, 5) is 0. The summed E-state index contributed by atoms with van der Waals surface area (Å²) >= 11 is 0. The van der Waals surface area contributed by atoms with Crippen LogP contribution in [0.4, 0.5) is 0 Å². The predicted molar refractivity (Wildman–Crippen MR) is 164 cm³/mol. The molecule has 0 unspecified atom stereocenters. The van der Waals surface area contributed by atoms with Gasteiger partial charge in [0, 0.05) is 0 Å². The first-order chi connectivity index (χ1) is 20.1. The molecule has 0 aliphatic carbocycles. The molecule has 0 rings (SSSR count). The average Bonchev–Trinajstić information content (AvgIpc) is 2.96. The van der Waals surface area contributed by atoms with E-state index in [0.717, 1.165) is 0 Å². The SMILES string of the molecule is C[Si](C)(C)O[Si](=O)[Si](=O)[Si](=O)[Si](=O)[Si](=O)[Si](=O)[Si](=O)[Si](=O)[Si](=O)[Si](=O)[Si](=O)[Si](=O)[Si](=O)[Si](=O)[Si](=O)[Si](=O)[Si](=O)[Si](=O)[Si](C)(C)C. The van der Waals surface area contributed by atoms with Gasteiger partial charge in [0.1, 0.15) is 7.59 Å². The standard InChI is InChI=1S/C6H18O19Si20/c1-44(2,3)25-26(7)27(8)28(9)29(10)30(11)31(12)32(13)33(14)34(15)35(16)36(17)37(18)38(19)39(20)40(21)41(22)42(23)43(24)45(4,5)6/h1-6H3. The van der Waals surface area contributed by atoms with Crippen LogP contribution in [0.15, 0.2) is 0 Å². The third-order valence-electron chi connectivity index (χ3n) is 4.57. The van der Waals surface area contributed by atoms with Crippen molar-refractivity contribution in [2.45, 2.75) is 39.3 Å². The second-order valence-corrected chi connectivity index (χ2v) is 109. The molecular formula is C6H18O19Si20. The van der Waals surface area contributed by atoms with Crippen LogP contribution < -0.4 is 0 Å². The first-order valence-electron chi connectivity index (χ1n) is 11.6. The Hall–Kier alpha value is 0.538. The average molecular weight is 956 g/mol. The van der Waals surface area contributed by atoms with Gasteiger partial charge in [0.05, 0.1) is 0 Å². The lowest BCUT2D eigenvalue weighted by atomic mass is 11.8. The van der Waals surface area contributed by atoms with Gasteiger partial charge in [-0.1, -0.05) is 19.6 Å². The smallest absolute Gasteiger partial charge is 0.532 e. The minimum Gasteiger partial charge on any atom is -0.578 e. The molecule has 0 aliphatic rings. The van der Waals surface area contributed by atoms with E-state index in [4.69, 9.17) is 4.12 Å². The molecule has 0 aliphatic heterocycles. The van der Waals surface area contributed by atoms with Gasteiger partial charge in [0.25, 0.3) is 0 Å². The Morgan fingerprint density at radius 2 is 0.467 bits per heavy atom. The molecule has 39 heteroatoms. The molecule has 0 amide bonds. The van der Waals surface area contributed by atoms with Gasteiger partial charge in [-0.05, 0) is 19.6 Å². The topological polar surface area (TPSA) is 316 Å². The van der Waals surface area contributed by atoms with Gasteiger partial charge in [-0.25, -0.2) is 0 Å². The van der Waals surface area contributed by atoms with E-state index < -0.39 is 156 Å². The van der Waals surface area contributed by atoms with E-state index in [2.05, 4.69) is 0 Å². The van der Waals surface area contributed by atoms with Crippen molar-refractivity contribution in [3.63, 3.8) is 0 Å². The van der Waals surface area contributed by atoms with Crippen molar-refractivity contribution in [1.82, 2.24) is 0 Å². The summed E-state index contributed by atoms with van der Waals surface area (Å²) in [5.74, 6) is 0. The Labute approximate surface area is 277 Å². The zero-order chi connectivity index (χ0) is 36.1. The van der Waals surface area contributed by atoms with Gasteiger partial charge >= 0.3 is 140 Å². The molecule has 236 valence electrons. The summed E-state index contributed by atoms with van der Waals surface area (Å²) in [6.07, 6.45) is 0. The van der Waals surface area contributed by atoms with Crippen LogP contribution in [0.3, 0.4) is 0 Å². The second-order valence-electron chi connectivity index (χ2n) is 10.3. The highest BCUT2D eigenvalue weighted by atomic mass is 30.1. The van der Waals surface area contributed by atoms with Gasteiger partial charge < -0.3 is 84.4 Å². The molecular weight excluding hydrogens is 938 g/mol. The third kappa shape index (κ3) is 12.7. The Bertz CT molecular complexity index is 1650. The highest BCUT2D eigenvalue weighted by Crippen LogP contribution is 2.02. The van der Waals surface area contributed by atoms with E-state index in [1.807, 2.05) is 0 Å². The molecule has 0 aromatic heterocycles. The van der Waals surface area contributed by atoms with Gasteiger partial charge in [-0.2, -0.15) is 0 Å². The summed E-state index contributed by atoms with van der Waals surface area (Å²) < 4.78 is 228. The van der Waals surface area contributed by atoms with E-state index >= 15 is 0 Å². The number of hydrogen-bond donors (Lipinski definition) is 0. The van der Waals surface area contributed by atoms with E-state index in [0.29, 0.717) is 0 Å². The maximum absolute atomic E-state index is 12.5. The van der Waals surface area contributed by atoms with Crippen LogP contribution in [-0.2, 0) is 84.4 Å². The van der Waals surface area contributed by atoms with Crippen molar-refractivity contribution in [2.75, 3.05) is 0 Å². The second kappa shape index (κ2) is 18.5. The Morgan fingerprint density at radius 1 is 0.289 bits per heavy atom. The van der Waals surface area contributed by atoms with Crippen LogP contribution in [0.1, 0.15) is 0 Å². The zero-order valence-corrected chi connectivity index (χ0v) is 43.8. The molecule has 0 N–H and O–H groups in total. The maximum atomic E-state index is 12.5. The van der Waals surface area contributed by atoms with Gasteiger partial charge in [0.2, 0.25) is 8.32 Å². The summed E-state index contributed by atoms with van der Waals surface area (Å²) in [7, 11) is -77.7. The molecule has 0 bridgehead atoms. The lowest BCUT2D eigenvalue weighted by Gasteiger charge is -2.16. The zero-order valence-electron chi connectivity index (χ0n) is 23.8. The maximum Gasteiger partial charge on any atom is 0.532 e. The van der Waals surface area contributed by atoms with Crippen LogP contribution in [0, 0.1) is 0 Å². The Kier molecular flexibility index (Phi) is 18.7. The lowest BCUT2D eigenvalue weighted by Crippen LogP contribution is -2.57. The molecule has 0 aromatic rings. The summed E-state index contributed by atoms with van der Waals surface area (Å²) in [6.45, 7) is 9.13. The quantitative estimate of drug-likeness (QED) is 0.102. The number of hydrogen-bond acceptors (Lipinski definition) is 19. The Morgan fingerprint density at radius 3 is 0.644 bits per heavy atom. The normalized spacial score (nSPS) is 10.7. The molecule has 0 radical (unpaired) electrons. The van der Waals surface area contributed by atoms with Crippen molar-refractivity contribution in [3.8, 4) is 0 Å². The van der Waals surface area contributed by atoms with Crippen molar-refractivity contribution in [1.29, 1.82) is 0 Å². The van der Waals surface area contributed by atoms with Crippen LogP contribution in [0.5, 0.6) is 0 Å². The minimum absolute atomic E-state index is 1.51. The largest absolute Gasteiger partial charge is 0.578 e. The monoisotopic (exact) mass is 954 g/mol. The van der Waals surface area contributed by atoms with Gasteiger partial charge in [0.15, 0.2) is 0 Å². The molecule has 0 saturated heterocycles. The molecule has 0 spiro atoms. The lowest BCUT2D eigenvalue weighted by molar-refractivity contribution is 0.462. The Balaban J connectivity index is 5.71. The van der Waals surface area contributed by atoms with E-state index in [1.54, 1.807) is 0 Å². The highest BCUT2D eigenvalue weighted by Gasteiger charge is 2.56. The van der Waals surface area contributed by atoms with E-state index in [1.165, 1.54) is 39.3 Å². The van der Waals surface area contributed by atoms with Gasteiger partial charge in [-0.15, -0.1) is 0 Å². The summed E-state index contributed by atoms with van der Waals surface area (Å²) in [6, 6.07) is 0. The molecule has 0 aromatic carbocycles. The van der Waals surface area contributed by atoms with Gasteiger partial charge in [-0.3, -0.25) is 0 Å². The van der Waals surface area contributed by atoms with Crippen molar-refractivity contribution >= 4 is 156 Å². The molecule has 0 fully saturated rings. The van der Waals surface area contributed by atoms with Crippen molar-refractivity contribution in [2.24, 2.45) is 0 Å². The molecule has 0 saturated carbocycles. The molecule has 0 atom stereocenters. The molecule has 0 heterocycles. The van der Waals surface area contributed by atoms with E-state index in [-0.39, 0.29) is 0 Å².